The molecule has 5 nitrogen and oxygen atoms in total. The standard InChI is InChI=1S/C17H19BrN2O3/c1-11-7-8-15(12(2)9-11)23-10-13-5-4-6-14(18)16(13)20(22)17(21)19-3/h4-9,22H,10H2,1-3H3,(H,19,21). The number of carbonyl (C=O) groups excluding carboxylic acids is 1. The Kier molecular flexibility index (Phi) is 5.63. The number of urea groups is 1. The number of benzene rings is 2. The topological polar surface area (TPSA) is 61.8 Å². The van der Waals surface area contributed by atoms with Crippen LogP contribution in [0.1, 0.15) is 16.7 Å². The quantitative estimate of drug-likeness (QED) is 0.619. The Hall–Kier alpha value is -2.05. The van der Waals surface area contributed by atoms with E-state index in [9.17, 15) is 10.0 Å². The molecular weight excluding hydrogens is 360 g/mol. The van der Waals surface area contributed by atoms with Gasteiger partial charge in [0.25, 0.3) is 0 Å². The van der Waals surface area contributed by atoms with E-state index in [0.29, 0.717) is 20.8 Å². The molecule has 0 aliphatic rings. The number of hydrogen-bond acceptors (Lipinski definition) is 3. The molecule has 2 aromatic rings. The number of para-hydroxylation sites is 1. The van der Waals surface area contributed by atoms with Gasteiger partial charge < -0.3 is 10.1 Å². The van der Waals surface area contributed by atoms with Crippen LogP contribution in [0.25, 0.3) is 0 Å². The number of hydrogen-bond donors (Lipinski definition) is 2. The summed E-state index contributed by atoms with van der Waals surface area (Å²) in [6.07, 6.45) is 0. The van der Waals surface area contributed by atoms with Crippen molar-refractivity contribution in [3.63, 3.8) is 0 Å². The number of nitrogens with one attached hydrogen (secondary N) is 1. The number of carbonyl (C=O) groups is 1. The van der Waals surface area contributed by atoms with Gasteiger partial charge in [-0.2, -0.15) is 5.06 Å². The predicted octanol–water partition coefficient (Wildman–Crippen LogP) is 4.18. The third kappa shape index (κ3) is 4.03. The highest BCUT2D eigenvalue weighted by molar-refractivity contribution is 9.10. The lowest BCUT2D eigenvalue weighted by molar-refractivity contribution is 0.205. The lowest BCUT2D eigenvalue weighted by Gasteiger charge is -2.20. The van der Waals surface area contributed by atoms with E-state index in [1.165, 1.54) is 12.6 Å². The molecule has 0 saturated carbocycles. The normalized spacial score (nSPS) is 10.3. The van der Waals surface area contributed by atoms with Crippen molar-refractivity contribution in [2.75, 3.05) is 12.1 Å². The molecule has 2 amide bonds. The fourth-order valence-electron chi connectivity index (χ4n) is 2.24. The van der Waals surface area contributed by atoms with Crippen molar-refractivity contribution in [2.24, 2.45) is 0 Å². The fraction of sp³-hybridized carbons (Fsp3) is 0.235. The maximum atomic E-state index is 11.7. The molecule has 122 valence electrons. The van der Waals surface area contributed by atoms with Crippen LogP contribution in [-0.2, 0) is 6.61 Å². The molecule has 2 N–H and O–H groups in total. The van der Waals surface area contributed by atoms with E-state index in [4.69, 9.17) is 4.74 Å². The minimum atomic E-state index is -0.621. The highest BCUT2D eigenvalue weighted by atomic mass is 79.9. The van der Waals surface area contributed by atoms with Crippen molar-refractivity contribution in [3.05, 3.63) is 57.6 Å². The Balaban J connectivity index is 2.26. The second kappa shape index (κ2) is 7.48. The number of halogens is 1. The Labute approximate surface area is 144 Å². The van der Waals surface area contributed by atoms with Gasteiger partial charge in [-0.3, -0.25) is 5.21 Å². The number of rotatable bonds is 4. The average molecular weight is 379 g/mol. The van der Waals surface area contributed by atoms with Crippen LogP contribution in [0.3, 0.4) is 0 Å². The van der Waals surface area contributed by atoms with Gasteiger partial charge >= 0.3 is 6.03 Å². The van der Waals surface area contributed by atoms with Crippen LogP contribution in [0, 0.1) is 13.8 Å². The fourth-order valence-corrected chi connectivity index (χ4v) is 2.81. The monoisotopic (exact) mass is 378 g/mol. The maximum absolute atomic E-state index is 11.7. The minimum Gasteiger partial charge on any atom is -0.489 e. The molecule has 2 aromatic carbocycles. The van der Waals surface area contributed by atoms with Gasteiger partial charge in [0.05, 0.1) is 5.69 Å². The lowest BCUT2D eigenvalue weighted by atomic mass is 10.1. The number of amides is 2. The first-order valence-corrected chi connectivity index (χ1v) is 7.91. The number of ether oxygens (including phenoxy) is 1. The van der Waals surface area contributed by atoms with Gasteiger partial charge in [0.2, 0.25) is 0 Å². The molecule has 0 unspecified atom stereocenters. The van der Waals surface area contributed by atoms with E-state index >= 15 is 0 Å². The van der Waals surface area contributed by atoms with Crippen LogP contribution < -0.4 is 15.1 Å². The molecule has 0 bridgehead atoms. The Morgan fingerprint density at radius 2 is 2.04 bits per heavy atom. The molecule has 2 rings (SSSR count). The van der Waals surface area contributed by atoms with Gasteiger partial charge in [0.1, 0.15) is 12.4 Å². The van der Waals surface area contributed by atoms with Crippen molar-refractivity contribution >= 4 is 27.6 Å². The van der Waals surface area contributed by atoms with E-state index in [0.717, 1.165) is 11.3 Å². The summed E-state index contributed by atoms with van der Waals surface area (Å²) >= 11 is 3.36. The van der Waals surface area contributed by atoms with Gasteiger partial charge in [-0.25, -0.2) is 4.79 Å². The van der Waals surface area contributed by atoms with Crippen LogP contribution in [0.5, 0.6) is 5.75 Å². The minimum absolute atomic E-state index is 0.229. The van der Waals surface area contributed by atoms with E-state index < -0.39 is 6.03 Å². The van der Waals surface area contributed by atoms with Gasteiger partial charge in [-0.1, -0.05) is 29.8 Å². The summed E-state index contributed by atoms with van der Waals surface area (Å²) in [5.74, 6) is 0.769. The van der Waals surface area contributed by atoms with Crippen molar-refractivity contribution in [1.29, 1.82) is 0 Å². The van der Waals surface area contributed by atoms with Gasteiger partial charge in [-0.15, -0.1) is 0 Å². The second-order valence-electron chi connectivity index (χ2n) is 5.17. The second-order valence-corrected chi connectivity index (χ2v) is 6.03. The summed E-state index contributed by atoms with van der Waals surface area (Å²) in [6.45, 7) is 4.23. The van der Waals surface area contributed by atoms with E-state index in [-0.39, 0.29) is 6.61 Å². The summed E-state index contributed by atoms with van der Waals surface area (Å²) in [4.78, 5) is 11.7. The summed E-state index contributed by atoms with van der Waals surface area (Å²) in [5.41, 5.74) is 3.25. The third-order valence-corrected chi connectivity index (χ3v) is 4.04. The van der Waals surface area contributed by atoms with Crippen molar-refractivity contribution in [1.82, 2.24) is 5.32 Å². The summed E-state index contributed by atoms with van der Waals surface area (Å²) in [7, 11) is 1.45. The molecule has 0 spiro atoms. The van der Waals surface area contributed by atoms with E-state index in [1.807, 2.05) is 38.1 Å². The number of anilines is 1. The number of hydroxylamine groups is 1. The van der Waals surface area contributed by atoms with Crippen LogP contribution in [0.4, 0.5) is 10.5 Å². The van der Waals surface area contributed by atoms with Crippen LogP contribution in [0.15, 0.2) is 40.9 Å². The molecule has 23 heavy (non-hydrogen) atoms. The molecule has 0 aliphatic carbocycles. The Morgan fingerprint density at radius 1 is 1.30 bits per heavy atom. The first-order valence-electron chi connectivity index (χ1n) is 7.12. The molecule has 0 heterocycles. The summed E-state index contributed by atoms with van der Waals surface area (Å²) in [6, 6.07) is 10.7. The molecule has 0 saturated heterocycles. The van der Waals surface area contributed by atoms with Crippen molar-refractivity contribution in [2.45, 2.75) is 20.5 Å². The van der Waals surface area contributed by atoms with Crippen molar-refractivity contribution < 1.29 is 14.7 Å². The molecular formula is C17H19BrN2O3. The van der Waals surface area contributed by atoms with Gasteiger partial charge in [-0.05, 0) is 47.5 Å². The summed E-state index contributed by atoms with van der Waals surface area (Å²) < 4.78 is 6.45. The number of nitrogens with zero attached hydrogens (tertiary/aromatic N) is 1. The van der Waals surface area contributed by atoms with E-state index in [1.54, 1.807) is 12.1 Å². The average Bonchev–Trinajstić information content (AvgIpc) is 2.52. The maximum Gasteiger partial charge on any atom is 0.345 e. The molecule has 6 heteroatoms. The van der Waals surface area contributed by atoms with Crippen LogP contribution >= 0.6 is 15.9 Å². The van der Waals surface area contributed by atoms with Crippen LogP contribution in [-0.4, -0.2) is 18.3 Å². The SMILES string of the molecule is CNC(=O)N(O)c1c(Br)cccc1COc1ccc(C)cc1C. The molecule has 0 aromatic heterocycles. The first kappa shape index (κ1) is 17.3. The first-order chi connectivity index (χ1) is 10.9. The highest BCUT2D eigenvalue weighted by Gasteiger charge is 2.19. The van der Waals surface area contributed by atoms with Crippen molar-refractivity contribution in [3.8, 4) is 5.75 Å². The number of aryl methyl sites for hydroxylation is 2. The largest absolute Gasteiger partial charge is 0.489 e. The van der Waals surface area contributed by atoms with Gasteiger partial charge in [0.15, 0.2) is 0 Å². The molecule has 0 radical (unpaired) electrons. The lowest BCUT2D eigenvalue weighted by Crippen LogP contribution is -2.36. The molecule has 0 aliphatic heterocycles. The van der Waals surface area contributed by atoms with Crippen LogP contribution in [0.2, 0.25) is 0 Å². The molecule has 0 atom stereocenters. The molecule has 0 fully saturated rings. The summed E-state index contributed by atoms with van der Waals surface area (Å²) in [5, 5.41) is 13.0. The zero-order chi connectivity index (χ0) is 17.0. The zero-order valence-corrected chi connectivity index (χ0v) is 14.8. The smallest absolute Gasteiger partial charge is 0.345 e. The Morgan fingerprint density at radius 3 is 2.70 bits per heavy atom. The highest BCUT2D eigenvalue weighted by Crippen LogP contribution is 2.31. The third-order valence-electron chi connectivity index (χ3n) is 3.40. The predicted molar refractivity (Wildman–Crippen MR) is 93.1 cm³/mol. The van der Waals surface area contributed by atoms with E-state index in [2.05, 4.69) is 21.2 Å². The van der Waals surface area contributed by atoms with Gasteiger partial charge in [0, 0.05) is 17.1 Å². The zero-order valence-electron chi connectivity index (χ0n) is 13.3. The Bertz CT molecular complexity index is 719.